The highest BCUT2D eigenvalue weighted by Gasteiger charge is 2.47. The fourth-order valence-electron chi connectivity index (χ4n) is 4.02. The van der Waals surface area contributed by atoms with Gasteiger partial charge in [-0.2, -0.15) is 0 Å². The van der Waals surface area contributed by atoms with Gasteiger partial charge in [-0.25, -0.2) is 4.99 Å². The van der Waals surface area contributed by atoms with Crippen molar-refractivity contribution in [2.24, 2.45) is 10.7 Å². The number of amidine groups is 1. The summed E-state index contributed by atoms with van der Waals surface area (Å²) in [6, 6.07) is 10.1. The second kappa shape index (κ2) is 5.46. The van der Waals surface area contributed by atoms with Crippen LogP contribution >= 0.6 is 0 Å². The summed E-state index contributed by atoms with van der Waals surface area (Å²) in [7, 11) is 0. The van der Waals surface area contributed by atoms with E-state index in [9.17, 15) is 0 Å². The first-order valence-corrected chi connectivity index (χ1v) is 8.60. The molecule has 3 aliphatic heterocycles. The fourth-order valence-corrected chi connectivity index (χ4v) is 4.02. The molecule has 1 unspecified atom stereocenters. The zero-order valence-corrected chi connectivity index (χ0v) is 13.8. The van der Waals surface area contributed by atoms with Gasteiger partial charge < -0.3 is 19.9 Å². The van der Waals surface area contributed by atoms with Gasteiger partial charge in [-0.1, -0.05) is 18.2 Å². The van der Waals surface area contributed by atoms with E-state index in [0.717, 1.165) is 54.4 Å². The Labute approximate surface area is 145 Å². The lowest BCUT2D eigenvalue weighted by Gasteiger charge is -2.35. The Bertz CT molecular complexity index is 861. The molecule has 128 valence electrons. The summed E-state index contributed by atoms with van der Waals surface area (Å²) in [5, 5.41) is 0. The maximum Gasteiger partial charge on any atom is 0.283 e. The van der Waals surface area contributed by atoms with Gasteiger partial charge in [0, 0.05) is 36.5 Å². The summed E-state index contributed by atoms with van der Waals surface area (Å²) < 4.78 is 17.4. The van der Waals surface area contributed by atoms with Crippen molar-refractivity contribution in [3.63, 3.8) is 0 Å². The minimum Gasteiger partial charge on any atom is -0.462 e. The molecule has 2 N–H and O–H groups in total. The third kappa shape index (κ3) is 2.14. The Hall–Kier alpha value is -2.60. The van der Waals surface area contributed by atoms with Crippen LogP contribution in [0.1, 0.15) is 35.6 Å². The molecule has 1 fully saturated rings. The predicted octanol–water partition coefficient (Wildman–Crippen LogP) is 2.67. The first-order chi connectivity index (χ1) is 12.3. The van der Waals surface area contributed by atoms with Gasteiger partial charge in [0.15, 0.2) is 11.3 Å². The van der Waals surface area contributed by atoms with Crippen LogP contribution in [0.25, 0.3) is 0 Å². The van der Waals surface area contributed by atoms with Crippen molar-refractivity contribution in [3.05, 3.63) is 53.3 Å². The van der Waals surface area contributed by atoms with Crippen LogP contribution in [-0.4, -0.2) is 30.8 Å². The molecule has 0 bridgehead atoms. The number of pyridine rings is 1. The quantitative estimate of drug-likeness (QED) is 0.865. The Kier molecular flexibility index (Phi) is 3.21. The number of rotatable bonds is 1. The highest BCUT2D eigenvalue weighted by molar-refractivity contribution is 5.76. The molecule has 1 saturated heterocycles. The maximum atomic E-state index is 6.31. The number of hydrogen-bond donors (Lipinski definition) is 1. The van der Waals surface area contributed by atoms with Crippen molar-refractivity contribution in [1.82, 2.24) is 4.98 Å². The van der Waals surface area contributed by atoms with Crippen LogP contribution in [0.2, 0.25) is 0 Å². The van der Waals surface area contributed by atoms with Crippen LogP contribution in [-0.2, 0) is 15.0 Å². The SMILES string of the molecule is NC1=NC2(CO1)c1ccccc1Oc1c2ccnc1C1CCOCC1. The molecular formula is C19H19N3O3. The Balaban J connectivity index is 1.72. The van der Waals surface area contributed by atoms with E-state index in [0.29, 0.717) is 12.5 Å². The number of hydrogen-bond acceptors (Lipinski definition) is 6. The van der Waals surface area contributed by atoms with E-state index in [1.54, 1.807) is 0 Å². The monoisotopic (exact) mass is 337 g/mol. The second-order valence-corrected chi connectivity index (χ2v) is 6.66. The molecule has 1 aromatic carbocycles. The van der Waals surface area contributed by atoms with E-state index in [2.05, 4.69) is 9.98 Å². The third-order valence-corrected chi connectivity index (χ3v) is 5.26. The van der Waals surface area contributed by atoms with Crippen molar-refractivity contribution in [3.8, 4) is 11.5 Å². The molecule has 0 radical (unpaired) electrons. The minimum absolute atomic E-state index is 0.215. The van der Waals surface area contributed by atoms with Gasteiger partial charge in [-0.05, 0) is 25.0 Å². The maximum absolute atomic E-state index is 6.31. The zero-order valence-electron chi connectivity index (χ0n) is 13.8. The molecular weight excluding hydrogens is 318 g/mol. The number of aromatic nitrogens is 1. The molecule has 6 nitrogen and oxygen atoms in total. The number of ether oxygens (including phenoxy) is 3. The highest BCUT2D eigenvalue weighted by atomic mass is 16.5. The molecule has 3 aliphatic rings. The van der Waals surface area contributed by atoms with Crippen LogP contribution in [0.3, 0.4) is 0 Å². The molecule has 2 aromatic rings. The van der Waals surface area contributed by atoms with Crippen LogP contribution in [0, 0.1) is 0 Å². The standard InChI is InChI=1S/C19H19N3O3/c20-18-22-19(11-24-18)13-3-1-2-4-15(13)25-17-14(19)5-8-21-16(17)12-6-9-23-10-7-12/h1-5,8,12H,6-7,9-11H2,(H2,20,22). The van der Waals surface area contributed by atoms with Crippen molar-refractivity contribution in [2.75, 3.05) is 19.8 Å². The number of benzene rings is 1. The van der Waals surface area contributed by atoms with Crippen molar-refractivity contribution >= 4 is 6.02 Å². The Morgan fingerprint density at radius 2 is 1.92 bits per heavy atom. The van der Waals surface area contributed by atoms with E-state index in [1.807, 2.05) is 36.5 Å². The number of aliphatic imine (C=N–C) groups is 1. The van der Waals surface area contributed by atoms with E-state index < -0.39 is 5.54 Å². The van der Waals surface area contributed by atoms with Crippen molar-refractivity contribution < 1.29 is 14.2 Å². The minimum atomic E-state index is -0.656. The van der Waals surface area contributed by atoms with E-state index in [-0.39, 0.29) is 6.02 Å². The summed E-state index contributed by atoms with van der Waals surface area (Å²) in [5.74, 6) is 1.92. The average Bonchev–Trinajstić information content (AvgIpc) is 3.05. The van der Waals surface area contributed by atoms with Gasteiger partial charge in [0.25, 0.3) is 6.02 Å². The van der Waals surface area contributed by atoms with E-state index in [1.165, 1.54) is 0 Å². The van der Waals surface area contributed by atoms with Gasteiger partial charge in [0.1, 0.15) is 12.4 Å². The van der Waals surface area contributed by atoms with Crippen LogP contribution < -0.4 is 10.5 Å². The van der Waals surface area contributed by atoms with Gasteiger partial charge in [0.05, 0.1) is 5.69 Å². The van der Waals surface area contributed by atoms with Crippen molar-refractivity contribution in [1.29, 1.82) is 0 Å². The smallest absolute Gasteiger partial charge is 0.283 e. The van der Waals surface area contributed by atoms with E-state index >= 15 is 0 Å². The molecule has 0 saturated carbocycles. The predicted molar refractivity (Wildman–Crippen MR) is 91.9 cm³/mol. The topological polar surface area (TPSA) is 79.0 Å². The molecule has 1 aromatic heterocycles. The molecule has 1 spiro atoms. The molecule has 6 heteroatoms. The summed E-state index contributed by atoms with van der Waals surface area (Å²) in [5.41, 5.74) is 8.17. The lowest BCUT2D eigenvalue weighted by Crippen LogP contribution is -2.32. The van der Waals surface area contributed by atoms with Gasteiger partial charge >= 0.3 is 0 Å². The van der Waals surface area contributed by atoms with Gasteiger partial charge in [-0.15, -0.1) is 0 Å². The first-order valence-electron chi connectivity index (χ1n) is 8.60. The lowest BCUT2D eigenvalue weighted by atomic mass is 9.80. The summed E-state index contributed by atoms with van der Waals surface area (Å²) in [4.78, 5) is 9.35. The summed E-state index contributed by atoms with van der Waals surface area (Å²) in [6.07, 6.45) is 3.74. The lowest BCUT2D eigenvalue weighted by molar-refractivity contribution is 0.0839. The number of fused-ring (bicyclic) bond motifs is 4. The largest absolute Gasteiger partial charge is 0.462 e. The van der Waals surface area contributed by atoms with Crippen LogP contribution in [0.15, 0.2) is 41.5 Å². The zero-order chi connectivity index (χ0) is 16.9. The molecule has 1 atom stereocenters. The Morgan fingerprint density at radius 1 is 1.08 bits per heavy atom. The molecule has 5 rings (SSSR count). The fraction of sp³-hybridized carbons (Fsp3) is 0.368. The summed E-state index contributed by atoms with van der Waals surface area (Å²) in [6.45, 7) is 1.89. The number of nitrogens with zero attached hydrogens (tertiary/aromatic N) is 2. The van der Waals surface area contributed by atoms with E-state index in [4.69, 9.17) is 19.9 Å². The third-order valence-electron chi connectivity index (χ3n) is 5.26. The number of para-hydroxylation sites is 1. The Morgan fingerprint density at radius 3 is 2.72 bits per heavy atom. The molecule has 0 amide bonds. The van der Waals surface area contributed by atoms with Crippen LogP contribution in [0.5, 0.6) is 11.5 Å². The van der Waals surface area contributed by atoms with Gasteiger partial charge in [-0.3, -0.25) is 4.98 Å². The molecule has 0 aliphatic carbocycles. The van der Waals surface area contributed by atoms with Crippen LogP contribution in [0.4, 0.5) is 0 Å². The summed E-state index contributed by atoms with van der Waals surface area (Å²) >= 11 is 0. The van der Waals surface area contributed by atoms with Gasteiger partial charge in [0.2, 0.25) is 0 Å². The normalized spacial score (nSPS) is 24.9. The first kappa shape index (κ1) is 14.7. The molecule has 25 heavy (non-hydrogen) atoms. The highest BCUT2D eigenvalue weighted by Crippen LogP contribution is 2.52. The van der Waals surface area contributed by atoms with Crippen molar-refractivity contribution in [2.45, 2.75) is 24.3 Å². The second-order valence-electron chi connectivity index (χ2n) is 6.66. The number of nitrogens with two attached hydrogens (primary N) is 1. The molecule has 4 heterocycles. The average molecular weight is 337 g/mol.